The fourth-order valence-electron chi connectivity index (χ4n) is 11.9. The molecule has 1 spiro atoms. The molecule has 27 nitrogen and oxygen atoms in total. The van der Waals surface area contributed by atoms with Crippen LogP contribution in [0.3, 0.4) is 0 Å². The van der Waals surface area contributed by atoms with Gasteiger partial charge in [-0.05, 0) is 114 Å². The highest BCUT2D eigenvalue weighted by Gasteiger charge is 2.58. The van der Waals surface area contributed by atoms with Gasteiger partial charge in [0.25, 0.3) is 0 Å². The van der Waals surface area contributed by atoms with Crippen LogP contribution in [0.25, 0.3) is 0 Å². The minimum Gasteiger partial charge on any atom is -0.459 e. The van der Waals surface area contributed by atoms with E-state index in [2.05, 4.69) is 39.6 Å². The molecule has 0 unspecified atom stereocenters. The lowest BCUT2D eigenvalue weighted by Gasteiger charge is -2.39. The van der Waals surface area contributed by atoms with Gasteiger partial charge in [-0.25, -0.2) is 9.59 Å². The summed E-state index contributed by atoms with van der Waals surface area (Å²) in [5.74, 6) is -2.51. The van der Waals surface area contributed by atoms with E-state index in [0.717, 1.165) is 24.8 Å². The van der Waals surface area contributed by atoms with Crippen molar-refractivity contribution >= 4 is 53.1 Å². The number of epoxide rings is 1. The molecule has 3 aliphatic heterocycles. The molecular formula is C70H111N7O20. The summed E-state index contributed by atoms with van der Waals surface area (Å²) in [6.45, 7) is 18.4. The number of ether oxygens (including phenoxy) is 11. The maximum atomic E-state index is 13.8. The number of carbonyl (C=O) groups excluding carboxylic acids is 8. The fraction of sp³-hybridized carbons (Fsp3) is 0.714. The first-order valence-corrected chi connectivity index (χ1v) is 34.5. The van der Waals surface area contributed by atoms with Gasteiger partial charge in [-0.15, -0.1) is 0 Å². The number of carbonyl (C=O) groups is 8. The molecule has 1 aliphatic carbocycles. The quantitative estimate of drug-likeness (QED) is 0.0134. The average Bonchev–Trinajstić information content (AvgIpc) is 1.60. The molecule has 11 atom stereocenters. The van der Waals surface area contributed by atoms with Crippen LogP contribution < -0.4 is 38.1 Å². The third kappa shape index (κ3) is 32.5. The average molecular weight is 1370 g/mol. The number of nitrogens with two attached hydrogens (primary N) is 2. The SMILES string of the molecule is CC(=O)O[C@@H](C)/C=C\C(=O)N[C@@H]1C[C@H](C)[C@H](C/C=C(C)/C=C/[C@H]2O[C@H](CC(=O)CC3CCC(NC(=O)OCc4ccc(NC(=O)[C@H](CCCNC(N)=O)CC(=O)[C@@H](NC(=O)CCOCCOCCOCCOCCOCCOCCN)C(C)C)cc4)CC3)C[C@@]3(CO3)[C@@H]2O)O[C@@H]1C. The molecule has 0 aromatic heterocycles. The predicted molar refractivity (Wildman–Crippen MR) is 360 cm³/mol. The van der Waals surface area contributed by atoms with Crippen LogP contribution in [0.2, 0.25) is 0 Å². The lowest BCUT2D eigenvalue weighted by molar-refractivity contribution is -0.145. The highest BCUT2D eigenvalue weighted by molar-refractivity contribution is 5.97. The normalized spacial score (nSPS) is 24.3. The lowest BCUT2D eigenvalue weighted by atomic mass is 9.81. The number of Topliss-reactive ketones (excluding diaryl/α,β-unsaturated/α-hetero) is 2. The number of ketones is 2. The van der Waals surface area contributed by atoms with Crippen LogP contribution in [0, 0.1) is 23.7 Å². The van der Waals surface area contributed by atoms with Gasteiger partial charge in [-0.1, -0.05) is 56.7 Å². The number of hydrogen-bond acceptors (Lipinski definition) is 21. The monoisotopic (exact) mass is 1370 g/mol. The molecule has 97 heavy (non-hydrogen) atoms. The Morgan fingerprint density at radius 3 is 1.99 bits per heavy atom. The number of aliphatic hydroxyl groups is 1. The Hall–Kier alpha value is -6.24. The minimum atomic E-state index is -0.882. The van der Waals surface area contributed by atoms with Crippen molar-refractivity contribution in [1.82, 2.24) is 21.3 Å². The largest absolute Gasteiger partial charge is 0.459 e. The Morgan fingerprint density at radius 2 is 1.40 bits per heavy atom. The second-order valence-corrected chi connectivity index (χ2v) is 26.0. The Balaban J connectivity index is 0.959. The molecule has 1 aromatic rings. The number of alkyl carbamates (subject to hydrolysis) is 1. The van der Waals surface area contributed by atoms with Crippen LogP contribution in [0.5, 0.6) is 0 Å². The number of benzene rings is 1. The molecule has 27 heteroatoms. The zero-order valence-corrected chi connectivity index (χ0v) is 58.1. The van der Waals surface area contributed by atoms with Crippen LogP contribution in [0.1, 0.15) is 138 Å². The molecule has 5 rings (SSSR count). The maximum absolute atomic E-state index is 13.8. The van der Waals surface area contributed by atoms with Crippen molar-refractivity contribution in [3.63, 3.8) is 0 Å². The van der Waals surface area contributed by atoms with E-state index in [0.29, 0.717) is 129 Å². The van der Waals surface area contributed by atoms with E-state index in [4.69, 9.17) is 63.6 Å². The van der Waals surface area contributed by atoms with E-state index >= 15 is 0 Å². The van der Waals surface area contributed by atoms with Gasteiger partial charge in [0.15, 0.2) is 5.78 Å². The molecule has 3 heterocycles. The van der Waals surface area contributed by atoms with Crippen LogP contribution >= 0.6 is 0 Å². The van der Waals surface area contributed by atoms with Gasteiger partial charge in [0.2, 0.25) is 17.7 Å². The van der Waals surface area contributed by atoms with Gasteiger partial charge in [0, 0.05) is 75.8 Å². The lowest BCUT2D eigenvalue weighted by Crippen LogP contribution is -2.50. The van der Waals surface area contributed by atoms with Crippen LogP contribution in [-0.2, 0) is 87.5 Å². The number of nitrogens with one attached hydrogen (secondary N) is 5. The van der Waals surface area contributed by atoms with Crippen LogP contribution in [0.15, 0.2) is 60.2 Å². The summed E-state index contributed by atoms with van der Waals surface area (Å²) in [6.07, 6.45) is 11.1. The number of primary amides is 1. The van der Waals surface area contributed by atoms with Crippen LogP contribution in [-0.4, -0.2) is 212 Å². The van der Waals surface area contributed by atoms with E-state index in [1.54, 1.807) is 31.2 Å². The first kappa shape index (κ1) is 81.4. The molecule has 546 valence electrons. The number of anilines is 1. The molecule has 0 bridgehead atoms. The number of aliphatic hydroxyl groups excluding tert-OH is 1. The van der Waals surface area contributed by atoms with E-state index in [-0.39, 0.29) is 117 Å². The molecule has 0 radical (unpaired) electrons. The number of allylic oxidation sites excluding steroid dienone is 2. The summed E-state index contributed by atoms with van der Waals surface area (Å²) in [4.78, 5) is 102. The van der Waals surface area contributed by atoms with Crippen molar-refractivity contribution in [3.05, 3.63) is 65.8 Å². The van der Waals surface area contributed by atoms with Crippen molar-refractivity contribution in [2.75, 3.05) is 104 Å². The fourth-order valence-corrected chi connectivity index (χ4v) is 11.9. The second kappa shape index (κ2) is 44.7. The summed E-state index contributed by atoms with van der Waals surface area (Å²) in [6, 6.07) is 4.90. The van der Waals surface area contributed by atoms with E-state index in [1.807, 2.05) is 39.8 Å². The first-order chi connectivity index (χ1) is 46.5. The molecular weight excluding hydrogens is 1260 g/mol. The number of hydrogen-bond donors (Lipinski definition) is 8. The number of rotatable bonds is 46. The molecule has 1 saturated carbocycles. The summed E-state index contributed by atoms with van der Waals surface area (Å²) in [5.41, 5.74) is 12.0. The Bertz CT molecular complexity index is 2670. The number of urea groups is 1. The summed E-state index contributed by atoms with van der Waals surface area (Å²) in [7, 11) is 0. The Morgan fingerprint density at radius 1 is 0.784 bits per heavy atom. The highest BCUT2D eigenvalue weighted by Crippen LogP contribution is 2.44. The maximum Gasteiger partial charge on any atom is 0.407 e. The molecule has 4 fully saturated rings. The van der Waals surface area contributed by atoms with Crippen molar-refractivity contribution < 1.29 is 95.6 Å². The van der Waals surface area contributed by atoms with Gasteiger partial charge >= 0.3 is 18.1 Å². The second-order valence-electron chi connectivity index (χ2n) is 26.0. The van der Waals surface area contributed by atoms with Gasteiger partial charge < -0.3 is 95.3 Å². The molecule has 4 aliphatic rings. The topological polar surface area (TPSA) is 374 Å². The molecule has 6 amide bonds. The highest BCUT2D eigenvalue weighted by atomic mass is 16.6. The van der Waals surface area contributed by atoms with Gasteiger partial charge in [0.1, 0.15) is 36.3 Å². The molecule has 1 aromatic carbocycles. The number of esters is 1. The van der Waals surface area contributed by atoms with Gasteiger partial charge in [-0.2, -0.15) is 0 Å². The van der Waals surface area contributed by atoms with E-state index in [9.17, 15) is 43.5 Å². The predicted octanol–water partition coefficient (Wildman–Crippen LogP) is 5.36. The van der Waals surface area contributed by atoms with Crippen molar-refractivity contribution in [2.45, 2.75) is 199 Å². The zero-order chi connectivity index (χ0) is 70.5. The van der Waals surface area contributed by atoms with Gasteiger partial charge in [-0.3, -0.25) is 28.8 Å². The van der Waals surface area contributed by atoms with Gasteiger partial charge in [0.05, 0.1) is 116 Å². The minimum absolute atomic E-state index is 0.00997. The van der Waals surface area contributed by atoms with E-state index < -0.39 is 66.0 Å². The Labute approximate surface area is 571 Å². The molecule has 10 N–H and O–H groups in total. The number of amides is 6. The van der Waals surface area contributed by atoms with Crippen molar-refractivity contribution in [2.24, 2.45) is 35.1 Å². The third-order valence-electron chi connectivity index (χ3n) is 17.4. The van der Waals surface area contributed by atoms with Crippen molar-refractivity contribution in [1.29, 1.82) is 0 Å². The summed E-state index contributed by atoms with van der Waals surface area (Å²) >= 11 is 0. The first-order valence-electron chi connectivity index (χ1n) is 34.5. The standard InChI is InChI=1S/C70H111N7O20/c1-46(2)65(77-64(82)24-27-87-29-31-89-33-35-91-37-38-92-36-34-90-32-30-88-28-25-71)60(80)41-54(9-8-26-73-68(72)85)67(84)74-55-19-15-53(16-20-55)44-93-69(86)75-56-17-13-52(14-18-56)40-57(79)42-58-43-70(45-94-70)66(83)62(97-58)22-11-47(3)10-21-61-48(4)39-59(50(6)96-61)76-63(81)23-12-49(5)95-51(7)78/h10-12,15-16,19-20,22-23,46,48-50,52,54,56,58-59,61-62,65-66,83H,8-9,13-14,17-18,21,24-45,71H2,1-7H3,(H,74,84)(H,75,86)(H,76,81)(H,77,82)(H3,72,73,85)/b22-11+,23-12-,47-10+/t48-,49-,50+,52?,54+,56?,58+,59+,61-,62+,65-,66+,70+/m0/s1. The zero-order valence-electron chi connectivity index (χ0n) is 58.1. The third-order valence-corrected chi connectivity index (χ3v) is 17.4. The van der Waals surface area contributed by atoms with Crippen molar-refractivity contribution in [3.8, 4) is 0 Å². The smallest absolute Gasteiger partial charge is 0.407 e. The van der Waals surface area contributed by atoms with E-state index in [1.165, 1.54) is 19.1 Å². The molecule has 3 saturated heterocycles. The Kier molecular flexibility index (Phi) is 37.5. The summed E-state index contributed by atoms with van der Waals surface area (Å²) in [5, 5.41) is 25.5. The van der Waals surface area contributed by atoms with Crippen LogP contribution in [0.4, 0.5) is 15.3 Å². The summed E-state index contributed by atoms with van der Waals surface area (Å²) < 4.78 is 61.8.